The SMILES string of the molecule is CCc1cccc(C)c1N(CCC(=O)O)CC(C)C. The molecule has 0 unspecified atom stereocenters. The van der Waals surface area contributed by atoms with Crippen LogP contribution in [0.4, 0.5) is 5.69 Å². The predicted octanol–water partition coefficient (Wildman–Crippen LogP) is 3.49. The molecule has 3 heteroatoms. The maximum absolute atomic E-state index is 10.8. The Hall–Kier alpha value is -1.51. The normalized spacial score (nSPS) is 10.8. The number of nitrogens with zero attached hydrogens (tertiary/aromatic N) is 1. The fourth-order valence-corrected chi connectivity index (χ4v) is 2.42. The van der Waals surface area contributed by atoms with Crippen molar-refractivity contribution in [3.05, 3.63) is 29.3 Å². The van der Waals surface area contributed by atoms with E-state index in [1.54, 1.807) is 0 Å². The molecule has 1 N–H and O–H groups in total. The van der Waals surface area contributed by atoms with Crippen molar-refractivity contribution in [2.75, 3.05) is 18.0 Å². The van der Waals surface area contributed by atoms with Crippen LogP contribution in [-0.4, -0.2) is 24.2 Å². The van der Waals surface area contributed by atoms with Crippen LogP contribution in [0.25, 0.3) is 0 Å². The van der Waals surface area contributed by atoms with Crippen molar-refractivity contribution >= 4 is 11.7 Å². The van der Waals surface area contributed by atoms with E-state index >= 15 is 0 Å². The predicted molar refractivity (Wildman–Crippen MR) is 79.9 cm³/mol. The molecule has 0 saturated carbocycles. The lowest BCUT2D eigenvalue weighted by Crippen LogP contribution is -2.31. The van der Waals surface area contributed by atoms with E-state index in [0.29, 0.717) is 12.5 Å². The molecule has 106 valence electrons. The van der Waals surface area contributed by atoms with E-state index in [0.717, 1.165) is 13.0 Å². The van der Waals surface area contributed by atoms with Crippen LogP contribution in [0.5, 0.6) is 0 Å². The molecule has 0 aliphatic heterocycles. The summed E-state index contributed by atoms with van der Waals surface area (Å²) in [4.78, 5) is 13.1. The van der Waals surface area contributed by atoms with Gasteiger partial charge in [-0.2, -0.15) is 0 Å². The molecule has 1 rings (SSSR count). The topological polar surface area (TPSA) is 40.5 Å². The van der Waals surface area contributed by atoms with Gasteiger partial charge in [-0.25, -0.2) is 0 Å². The lowest BCUT2D eigenvalue weighted by atomic mass is 10.0. The third kappa shape index (κ3) is 4.58. The highest BCUT2D eigenvalue weighted by molar-refractivity contribution is 5.68. The second-order valence-corrected chi connectivity index (χ2v) is 5.42. The summed E-state index contributed by atoms with van der Waals surface area (Å²) in [6.45, 7) is 10.0. The molecule has 0 fully saturated rings. The molecule has 0 atom stereocenters. The van der Waals surface area contributed by atoms with Crippen LogP contribution in [0.15, 0.2) is 18.2 Å². The molecule has 1 aromatic rings. The fourth-order valence-electron chi connectivity index (χ4n) is 2.42. The zero-order chi connectivity index (χ0) is 14.4. The molecule has 0 aromatic heterocycles. The monoisotopic (exact) mass is 263 g/mol. The molecule has 0 aliphatic rings. The van der Waals surface area contributed by atoms with Crippen LogP contribution in [-0.2, 0) is 11.2 Å². The Labute approximate surface area is 116 Å². The molecule has 19 heavy (non-hydrogen) atoms. The molecule has 0 spiro atoms. The number of carboxylic acids is 1. The Morgan fingerprint density at radius 2 is 2.05 bits per heavy atom. The van der Waals surface area contributed by atoms with Crippen LogP contribution in [0.1, 0.15) is 38.3 Å². The Balaban J connectivity index is 3.05. The van der Waals surface area contributed by atoms with E-state index in [2.05, 4.69) is 50.8 Å². The molecule has 1 aromatic carbocycles. The number of rotatable bonds is 7. The summed E-state index contributed by atoms with van der Waals surface area (Å²) < 4.78 is 0. The van der Waals surface area contributed by atoms with Gasteiger partial charge in [0.05, 0.1) is 6.42 Å². The summed E-state index contributed by atoms with van der Waals surface area (Å²) in [5, 5.41) is 8.91. The average molecular weight is 263 g/mol. The molecule has 0 radical (unpaired) electrons. The smallest absolute Gasteiger partial charge is 0.305 e. The number of aryl methyl sites for hydroxylation is 2. The number of carboxylic acid groups (broad SMARTS) is 1. The number of hydrogen-bond donors (Lipinski definition) is 1. The summed E-state index contributed by atoms with van der Waals surface area (Å²) in [7, 11) is 0. The molecular formula is C16H25NO2. The van der Waals surface area contributed by atoms with Gasteiger partial charge in [-0.3, -0.25) is 4.79 Å². The van der Waals surface area contributed by atoms with Gasteiger partial charge in [0, 0.05) is 18.8 Å². The fraction of sp³-hybridized carbons (Fsp3) is 0.562. The van der Waals surface area contributed by atoms with Crippen molar-refractivity contribution in [3.63, 3.8) is 0 Å². The van der Waals surface area contributed by atoms with Crippen molar-refractivity contribution < 1.29 is 9.90 Å². The van der Waals surface area contributed by atoms with Gasteiger partial charge >= 0.3 is 5.97 Å². The second kappa shape index (κ2) is 7.17. The number of benzene rings is 1. The van der Waals surface area contributed by atoms with E-state index in [1.807, 2.05) is 0 Å². The van der Waals surface area contributed by atoms with Gasteiger partial charge in [0.2, 0.25) is 0 Å². The molecule has 0 saturated heterocycles. The van der Waals surface area contributed by atoms with Gasteiger partial charge in [0.25, 0.3) is 0 Å². The quantitative estimate of drug-likeness (QED) is 0.818. The van der Waals surface area contributed by atoms with Crippen LogP contribution in [0, 0.1) is 12.8 Å². The molecule has 3 nitrogen and oxygen atoms in total. The minimum atomic E-state index is -0.736. The number of anilines is 1. The third-order valence-electron chi connectivity index (χ3n) is 3.20. The van der Waals surface area contributed by atoms with Gasteiger partial charge in [-0.05, 0) is 30.4 Å². The standard InChI is InChI=1S/C16H25NO2/c1-5-14-8-6-7-13(4)16(14)17(11-12(2)3)10-9-15(18)19/h6-8,12H,5,9-11H2,1-4H3,(H,18,19). The Kier molecular flexibility index (Phi) is 5.87. The minimum Gasteiger partial charge on any atom is -0.481 e. The van der Waals surface area contributed by atoms with Crippen molar-refractivity contribution in [1.29, 1.82) is 0 Å². The number of para-hydroxylation sites is 1. The van der Waals surface area contributed by atoms with E-state index in [1.165, 1.54) is 16.8 Å². The van der Waals surface area contributed by atoms with E-state index in [-0.39, 0.29) is 6.42 Å². The van der Waals surface area contributed by atoms with E-state index in [4.69, 9.17) is 5.11 Å². The Morgan fingerprint density at radius 1 is 1.37 bits per heavy atom. The highest BCUT2D eigenvalue weighted by atomic mass is 16.4. The van der Waals surface area contributed by atoms with Crippen molar-refractivity contribution in [1.82, 2.24) is 0 Å². The van der Waals surface area contributed by atoms with Crippen LogP contribution < -0.4 is 4.90 Å². The number of hydrogen-bond acceptors (Lipinski definition) is 2. The van der Waals surface area contributed by atoms with Crippen molar-refractivity contribution in [2.45, 2.75) is 40.5 Å². The van der Waals surface area contributed by atoms with Crippen LogP contribution in [0.2, 0.25) is 0 Å². The lowest BCUT2D eigenvalue weighted by molar-refractivity contribution is -0.136. The second-order valence-electron chi connectivity index (χ2n) is 5.42. The van der Waals surface area contributed by atoms with Crippen LogP contribution >= 0.6 is 0 Å². The molecule has 0 aliphatic carbocycles. The maximum Gasteiger partial charge on any atom is 0.305 e. The summed E-state index contributed by atoms with van der Waals surface area (Å²) in [6, 6.07) is 6.31. The Bertz CT molecular complexity index is 427. The van der Waals surface area contributed by atoms with Gasteiger partial charge in [0.15, 0.2) is 0 Å². The number of aliphatic carboxylic acids is 1. The molecule has 0 amide bonds. The molecule has 0 bridgehead atoms. The van der Waals surface area contributed by atoms with Crippen LogP contribution in [0.3, 0.4) is 0 Å². The summed E-state index contributed by atoms with van der Waals surface area (Å²) in [5.41, 5.74) is 3.75. The summed E-state index contributed by atoms with van der Waals surface area (Å²) in [6.07, 6.45) is 1.16. The summed E-state index contributed by atoms with van der Waals surface area (Å²) in [5.74, 6) is -0.224. The zero-order valence-corrected chi connectivity index (χ0v) is 12.4. The lowest BCUT2D eigenvalue weighted by Gasteiger charge is -2.30. The van der Waals surface area contributed by atoms with Gasteiger partial charge in [-0.15, -0.1) is 0 Å². The maximum atomic E-state index is 10.8. The summed E-state index contributed by atoms with van der Waals surface area (Å²) >= 11 is 0. The first-order valence-electron chi connectivity index (χ1n) is 7.00. The zero-order valence-electron chi connectivity index (χ0n) is 12.4. The van der Waals surface area contributed by atoms with E-state index in [9.17, 15) is 4.79 Å². The first-order chi connectivity index (χ1) is 8.95. The minimum absolute atomic E-state index is 0.185. The third-order valence-corrected chi connectivity index (χ3v) is 3.20. The van der Waals surface area contributed by atoms with Gasteiger partial charge in [-0.1, -0.05) is 39.0 Å². The highest BCUT2D eigenvalue weighted by Crippen LogP contribution is 2.26. The largest absolute Gasteiger partial charge is 0.481 e. The van der Waals surface area contributed by atoms with Gasteiger partial charge < -0.3 is 10.0 Å². The first kappa shape index (κ1) is 15.5. The molecule has 0 heterocycles. The average Bonchev–Trinajstić information content (AvgIpc) is 2.33. The Morgan fingerprint density at radius 3 is 2.58 bits per heavy atom. The highest BCUT2D eigenvalue weighted by Gasteiger charge is 2.15. The first-order valence-corrected chi connectivity index (χ1v) is 7.00. The van der Waals surface area contributed by atoms with Crippen molar-refractivity contribution in [3.8, 4) is 0 Å². The van der Waals surface area contributed by atoms with Crippen molar-refractivity contribution in [2.24, 2.45) is 5.92 Å². The van der Waals surface area contributed by atoms with Gasteiger partial charge in [0.1, 0.15) is 0 Å². The number of carbonyl (C=O) groups is 1. The van der Waals surface area contributed by atoms with E-state index < -0.39 is 5.97 Å². The molecular weight excluding hydrogens is 238 g/mol.